The van der Waals surface area contributed by atoms with Crippen LogP contribution in [-0.2, 0) is 4.74 Å². The summed E-state index contributed by atoms with van der Waals surface area (Å²) in [5.74, 6) is -0.358. The van der Waals surface area contributed by atoms with Crippen LogP contribution in [0.4, 0.5) is 10.5 Å². The molecule has 2 aromatic carbocycles. The number of nitrogens with zero attached hydrogens (tertiary/aromatic N) is 2. The number of aliphatic hydroxyl groups is 1. The van der Waals surface area contributed by atoms with E-state index in [4.69, 9.17) is 9.47 Å². The molecule has 10 nitrogen and oxygen atoms in total. The van der Waals surface area contributed by atoms with Crippen LogP contribution in [0, 0.1) is 5.92 Å². The van der Waals surface area contributed by atoms with Gasteiger partial charge in [-0.3, -0.25) is 9.59 Å². The Balaban J connectivity index is 1.94. The highest BCUT2D eigenvalue weighted by Gasteiger charge is 2.31. The largest absolute Gasteiger partial charge is 0.490 e. The van der Waals surface area contributed by atoms with Crippen LogP contribution in [0.2, 0.25) is 0 Å². The van der Waals surface area contributed by atoms with Gasteiger partial charge in [-0.15, -0.1) is 0 Å². The van der Waals surface area contributed by atoms with Crippen molar-refractivity contribution in [2.45, 2.75) is 78.2 Å². The van der Waals surface area contributed by atoms with Gasteiger partial charge in [0.15, 0.2) is 0 Å². The van der Waals surface area contributed by atoms with Gasteiger partial charge in [0.25, 0.3) is 11.8 Å². The molecule has 0 aromatic heterocycles. The first-order valence-corrected chi connectivity index (χ1v) is 15.2. The predicted octanol–water partition coefficient (Wildman–Crippen LogP) is 4.78. The normalized spacial score (nSPS) is 20.8. The molecule has 0 saturated carbocycles. The zero-order valence-corrected chi connectivity index (χ0v) is 26.3. The number of ether oxygens (including phenoxy) is 2. The van der Waals surface area contributed by atoms with Gasteiger partial charge in [-0.05, 0) is 77.3 Å². The molecule has 4 amide bonds. The number of likely N-dealkylation sites (N-methyl/N-ethyl adjacent to an activating group) is 1. The van der Waals surface area contributed by atoms with Crippen molar-refractivity contribution < 1.29 is 29.0 Å². The Morgan fingerprint density at radius 3 is 2.49 bits per heavy atom. The highest BCUT2D eigenvalue weighted by Crippen LogP contribution is 2.29. The fourth-order valence-electron chi connectivity index (χ4n) is 4.97. The minimum atomic E-state index is -0.502. The van der Waals surface area contributed by atoms with E-state index in [1.54, 1.807) is 66.2 Å². The van der Waals surface area contributed by atoms with Gasteiger partial charge in [0.1, 0.15) is 5.75 Å². The molecule has 0 unspecified atom stereocenters. The summed E-state index contributed by atoms with van der Waals surface area (Å²) in [6.07, 6.45) is 1.96. The minimum absolute atomic E-state index is 0.00227. The third-order valence-corrected chi connectivity index (χ3v) is 7.56. The van der Waals surface area contributed by atoms with Gasteiger partial charge in [0.2, 0.25) is 0 Å². The lowest BCUT2D eigenvalue weighted by Crippen LogP contribution is -2.49. The molecule has 3 N–H and O–H groups in total. The van der Waals surface area contributed by atoms with Crippen LogP contribution in [-0.4, -0.2) is 90.4 Å². The number of urea groups is 1. The third kappa shape index (κ3) is 9.96. The Hall–Kier alpha value is -3.63. The summed E-state index contributed by atoms with van der Waals surface area (Å²) in [7, 11) is 1.74. The number of carbonyl (C=O) groups excluding carboxylic acids is 3. The van der Waals surface area contributed by atoms with E-state index in [2.05, 4.69) is 10.6 Å². The van der Waals surface area contributed by atoms with Gasteiger partial charge < -0.3 is 35.0 Å². The maximum Gasteiger partial charge on any atom is 0.317 e. The zero-order valence-electron chi connectivity index (χ0n) is 26.3. The van der Waals surface area contributed by atoms with Crippen molar-refractivity contribution in [2.75, 3.05) is 38.7 Å². The molecule has 1 aliphatic heterocycles. The molecular weight excluding hydrogens is 548 g/mol. The van der Waals surface area contributed by atoms with E-state index >= 15 is 0 Å². The Morgan fingerprint density at radius 2 is 1.81 bits per heavy atom. The number of hydrogen-bond donors (Lipinski definition) is 3. The summed E-state index contributed by atoms with van der Waals surface area (Å²) in [5, 5.41) is 15.9. The average molecular weight is 597 g/mol. The van der Waals surface area contributed by atoms with E-state index in [-0.39, 0.29) is 55.2 Å². The number of benzene rings is 2. The predicted molar refractivity (Wildman–Crippen MR) is 168 cm³/mol. The lowest BCUT2D eigenvalue weighted by molar-refractivity contribution is -0.0122. The first-order chi connectivity index (χ1) is 20.5. The average Bonchev–Trinajstić information content (AvgIpc) is 2.98. The van der Waals surface area contributed by atoms with Gasteiger partial charge in [-0.1, -0.05) is 25.1 Å². The molecule has 1 heterocycles. The smallest absolute Gasteiger partial charge is 0.317 e. The number of carbonyl (C=O) groups is 3. The van der Waals surface area contributed by atoms with E-state index in [0.717, 1.165) is 19.3 Å². The molecule has 2 aromatic rings. The van der Waals surface area contributed by atoms with Crippen molar-refractivity contribution in [3.63, 3.8) is 0 Å². The lowest BCUT2D eigenvalue weighted by atomic mass is 10.0. The second-order valence-electron chi connectivity index (χ2n) is 11.8. The number of fused-ring (bicyclic) bond motifs is 1. The molecule has 43 heavy (non-hydrogen) atoms. The van der Waals surface area contributed by atoms with Crippen LogP contribution in [0.5, 0.6) is 5.75 Å². The fraction of sp³-hybridized carbons (Fsp3) is 0.545. The molecule has 0 saturated heterocycles. The SMILES string of the molecule is CC(C)NC(=O)N(C)C[C@@H]1OCCCC[C@@H](C)Oc2ccc(NC(=O)c3ccccc3)cc2C(=O)N([C@@H](C)CO)C[C@@H]1C. The highest BCUT2D eigenvalue weighted by atomic mass is 16.5. The second kappa shape index (κ2) is 16.3. The zero-order chi connectivity index (χ0) is 31.5. The summed E-state index contributed by atoms with van der Waals surface area (Å²) in [4.78, 5) is 43.0. The van der Waals surface area contributed by atoms with Crippen LogP contribution < -0.4 is 15.4 Å². The molecule has 0 bridgehead atoms. The molecule has 0 radical (unpaired) electrons. The van der Waals surface area contributed by atoms with Crippen LogP contribution in [0.3, 0.4) is 0 Å². The van der Waals surface area contributed by atoms with Gasteiger partial charge in [0, 0.05) is 50.0 Å². The number of anilines is 1. The summed E-state index contributed by atoms with van der Waals surface area (Å²) in [6, 6.07) is 13.3. The minimum Gasteiger partial charge on any atom is -0.490 e. The van der Waals surface area contributed by atoms with Crippen molar-refractivity contribution in [1.82, 2.24) is 15.1 Å². The van der Waals surface area contributed by atoms with E-state index in [0.29, 0.717) is 35.7 Å². The third-order valence-electron chi connectivity index (χ3n) is 7.56. The molecule has 0 aliphatic carbocycles. The Labute approximate surface area is 255 Å². The molecular formula is C33H48N4O6. The topological polar surface area (TPSA) is 120 Å². The number of aliphatic hydroxyl groups excluding tert-OH is 1. The van der Waals surface area contributed by atoms with Gasteiger partial charge in [0.05, 0.1) is 30.4 Å². The van der Waals surface area contributed by atoms with Crippen LogP contribution in [0.15, 0.2) is 48.5 Å². The summed E-state index contributed by atoms with van der Waals surface area (Å²) < 4.78 is 12.6. The van der Waals surface area contributed by atoms with Crippen molar-refractivity contribution in [1.29, 1.82) is 0 Å². The Bertz CT molecular complexity index is 1210. The van der Waals surface area contributed by atoms with E-state index in [9.17, 15) is 19.5 Å². The standard InChI is InChI=1S/C33H48N4O6/c1-22(2)34-33(41)36(6)20-30-23(3)19-37(24(4)21-38)32(40)28-18-27(35-31(39)26-13-8-7-9-14-26)15-16-29(28)43-25(5)12-10-11-17-42-30/h7-9,13-16,18,22-25,30,38H,10-12,17,19-21H2,1-6H3,(H,34,41)(H,35,39)/t23-,24-,25+,30-/m0/s1. The van der Waals surface area contributed by atoms with E-state index in [1.807, 2.05) is 33.8 Å². The van der Waals surface area contributed by atoms with Crippen molar-refractivity contribution >= 4 is 23.5 Å². The molecule has 0 fully saturated rings. The maximum absolute atomic E-state index is 14.2. The van der Waals surface area contributed by atoms with E-state index < -0.39 is 6.04 Å². The van der Waals surface area contributed by atoms with Crippen molar-refractivity contribution in [2.24, 2.45) is 5.92 Å². The van der Waals surface area contributed by atoms with Crippen LogP contribution in [0.25, 0.3) is 0 Å². The van der Waals surface area contributed by atoms with Gasteiger partial charge in [-0.25, -0.2) is 4.79 Å². The van der Waals surface area contributed by atoms with Gasteiger partial charge in [-0.2, -0.15) is 0 Å². The summed E-state index contributed by atoms with van der Waals surface area (Å²) >= 11 is 0. The van der Waals surface area contributed by atoms with Gasteiger partial charge >= 0.3 is 6.03 Å². The first kappa shape index (κ1) is 33.9. The number of rotatable bonds is 7. The number of amides is 4. The Morgan fingerprint density at radius 1 is 1.09 bits per heavy atom. The monoisotopic (exact) mass is 596 g/mol. The quantitative estimate of drug-likeness (QED) is 0.423. The summed E-state index contributed by atoms with van der Waals surface area (Å²) in [6.45, 7) is 10.5. The maximum atomic E-state index is 14.2. The lowest BCUT2D eigenvalue weighted by Gasteiger charge is -2.36. The fourth-order valence-corrected chi connectivity index (χ4v) is 4.97. The molecule has 0 spiro atoms. The van der Waals surface area contributed by atoms with E-state index in [1.165, 1.54) is 0 Å². The molecule has 1 aliphatic rings. The number of nitrogens with one attached hydrogen (secondary N) is 2. The van der Waals surface area contributed by atoms with Crippen LogP contribution in [0.1, 0.15) is 74.6 Å². The molecule has 4 atom stereocenters. The van der Waals surface area contributed by atoms with Crippen molar-refractivity contribution in [3.05, 3.63) is 59.7 Å². The van der Waals surface area contributed by atoms with Crippen LogP contribution >= 0.6 is 0 Å². The number of hydrogen-bond acceptors (Lipinski definition) is 6. The molecule has 3 rings (SSSR count). The second-order valence-corrected chi connectivity index (χ2v) is 11.8. The highest BCUT2D eigenvalue weighted by molar-refractivity contribution is 6.05. The summed E-state index contributed by atoms with van der Waals surface area (Å²) in [5.41, 5.74) is 1.26. The first-order valence-electron chi connectivity index (χ1n) is 15.2. The molecule has 236 valence electrons. The Kier molecular flexibility index (Phi) is 12.8. The molecule has 10 heteroatoms. The van der Waals surface area contributed by atoms with Crippen molar-refractivity contribution in [3.8, 4) is 5.75 Å².